The Morgan fingerprint density at radius 2 is 1.72 bits per heavy atom. The molecule has 0 aromatic heterocycles. The minimum atomic E-state index is -0.773. The zero-order chi connectivity index (χ0) is 23.7. The highest BCUT2D eigenvalue weighted by Gasteiger charge is 2.64. The minimum Gasteiger partial charge on any atom is -0.393 e. The molecule has 4 saturated carbocycles. The number of carbonyl (C=O) groups excluding carboxylic acids is 2. The summed E-state index contributed by atoms with van der Waals surface area (Å²) in [6.45, 7) is 11.0. The SMILES string of the molecule is CC.CCC1C(=O)C2C(CCC3(C)C2CC[C@@H]3CCCC(=O)OF)C2(C)CC[C@@H](O)CC12. The molecule has 0 aliphatic heterocycles. The molecule has 5 heteroatoms. The van der Waals surface area contributed by atoms with E-state index >= 15 is 0 Å². The lowest BCUT2D eigenvalue weighted by Gasteiger charge is -2.62. The van der Waals surface area contributed by atoms with Gasteiger partial charge in [-0.05, 0) is 98.7 Å². The van der Waals surface area contributed by atoms with Crippen molar-refractivity contribution in [2.24, 2.45) is 46.3 Å². The number of hydrogen-bond acceptors (Lipinski definition) is 4. The summed E-state index contributed by atoms with van der Waals surface area (Å²) < 4.78 is 12.0. The molecule has 0 saturated heterocycles. The normalized spacial score (nSPS) is 45.1. The number of ketones is 1. The quantitative estimate of drug-likeness (QED) is 0.521. The largest absolute Gasteiger partial charge is 0.393 e. The van der Waals surface area contributed by atoms with E-state index in [1.54, 1.807) is 0 Å². The van der Waals surface area contributed by atoms with Gasteiger partial charge in [-0.3, -0.25) is 9.74 Å². The molecule has 4 aliphatic rings. The summed E-state index contributed by atoms with van der Waals surface area (Å²) in [5.74, 6) is 1.67. The van der Waals surface area contributed by atoms with Gasteiger partial charge in [0.25, 0.3) is 0 Å². The molecule has 0 radical (unpaired) electrons. The lowest BCUT2D eigenvalue weighted by molar-refractivity contribution is -0.183. The zero-order valence-corrected chi connectivity index (χ0v) is 20.9. The predicted octanol–water partition coefficient (Wildman–Crippen LogP) is 6.45. The predicted molar refractivity (Wildman–Crippen MR) is 123 cm³/mol. The molecular weight excluding hydrogens is 407 g/mol. The van der Waals surface area contributed by atoms with Crippen LogP contribution < -0.4 is 0 Å². The van der Waals surface area contributed by atoms with Gasteiger partial charge < -0.3 is 5.11 Å². The molecule has 4 nitrogen and oxygen atoms in total. The molecule has 0 aromatic rings. The van der Waals surface area contributed by atoms with E-state index in [1.807, 2.05) is 13.8 Å². The van der Waals surface area contributed by atoms with Crippen molar-refractivity contribution in [2.45, 2.75) is 111 Å². The Hall–Kier alpha value is -0.970. The highest BCUT2D eigenvalue weighted by molar-refractivity contribution is 5.86. The first kappa shape index (κ1) is 25.6. The van der Waals surface area contributed by atoms with E-state index in [9.17, 15) is 19.2 Å². The molecule has 9 atom stereocenters. The fourth-order valence-corrected chi connectivity index (χ4v) is 8.75. The van der Waals surface area contributed by atoms with Gasteiger partial charge in [-0.15, -0.1) is 0 Å². The van der Waals surface area contributed by atoms with Crippen molar-refractivity contribution in [3.05, 3.63) is 0 Å². The molecule has 184 valence electrons. The Bertz CT molecular complexity index is 681. The van der Waals surface area contributed by atoms with E-state index in [0.717, 1.165) is 57.8 Å². The maximum Gasteiger partial charge on any atom is 0.348 e. The van der Waals surface area contributed by atoms with Gasteiger partial charge in [-0.2, -0.15) is 0 Å². The molecule has 0 spiro atoms. The second-order valence-corrected chi connectivity index (χ2v) is 11.4. The second-order valence-electron chi connectivity index (χ2n) is 11.4. The van der Waals surface area contributed by atoms with Crippen LogP contribution in [0.2, 0.25) is 0 Å². The second kappa shape index (κ2) is 10.1. The molecule has 4 rings (SSSR count). The topological polar surface area (TPSA) is 63.6 Å². The van der Waals surface area contributed by atoms with Crippen molar-refractivity contribution in [2.75, 3.05) is 0 Å². The van der Waals surface area contributed by atoms with Gasteiger partial charge in [0.2, 0.25) is 0 Å². The van der Waals surface area contributed by atoms with Crippen LogP contribution in [0.5, 0.6) is 0 Å². The summed E-state index contributed by atoms with van der Waals surface area (Å²) in [5, 5.41) is 10.4. The van der Waals surface area contributed by atoms with Gasteiger partial charge in [0.05, 0.1) is 6.10 Å². The summed E-state index contributed by atoms with van der Waals surface area (Å²) in [7, 11) is 0. The van der Waals surface area contributed by atoms with Crippen LogP contribution in [0.25, 0.3) is 0 Å². The minimum absolute atomic E-state index is 0.0897. The maximum atomic E-state index is 13.8. The van der Waals surface area contributed by atoms with E-state index < -0.39 is 5.97 Å². The highest BCUT2D eigenvalue weighted by atomic mass is 19.3. The van der Waals surface area contributed by atoms with Crippen molar-refractivity contribution >= 4 is 11.8 Å². The van der Waals surface area contributed by atoms with Gasteiger partial charge >= 0.3 is 5.97 Å². The molecule has 0 bridgehead atoms. The standard InChI is InChI=1S/C25H39FO4.C2H6/c1-4-17-20-14-16(27)10-12-25(20,3)19-11-13-24(2)15(6-5-7-21(28)30-26)8-9-18(24)22(19)23(17)29;1-2/h15-20,22,27H,4-14H2,1-3H3;1-2H3/t15-,16+,17?,18?,19?,20?,22?,24?,25?;/m0./s1. The van der Waals surface area contributed by atoms with Crippen LogP contribution in [-0.2, 0) is 14.5 Å². The maximum absolute atomic E-state index is 13.8. The van der Waals surface area contributed by atoms with Crippen molar-refractivity contribution in [3.63, 3.8) is 0 Å². The molecule has 4 aliphatic carbocycles. The van der Waals surface area contributed by atoms with Gasteiger partial charge in [0, 0.05) is 22.8 Å². The Morgan fingerprint density at radius 3 is 2.38 bits per heavy atom. The molecule has 0 heterocycles. The summed E-state index contributed by atoms with van der Waals surface area (Å²) in [4.78, 5) is 28.3. The molecular formula is C27H45FO4. The van der Waals surface area contributed by atoms with E-state index in [1.165, 1.54) is 0 Å². The monoisotopic (exact) mass is 452 g/mol. The Labute approximate surface area is 194 Å². The van der Waals surface area contributed by atoms with Crippen LogP contribution in [0.4, 0.5) is 4.53 Å². The van der Waals surface area contributed by atoms with Crippen LogP contribution in [0.1, 0.15) is 105 Å². The number of halogens is 1. The van der Waals surface area contributed by atoms with Gasteiger partial charge in [-0.25, -0.2) is 4.79 Å². The molecule has 4 fully saturated rings. The Balaban J connectivity index is 0.00000141. The lowest BCUT2D eigenvalue weighted by Crippen LogP contribution is -2.60. The van der Waals surface area contributed by atoms with Crippen molar-refractivity contribution < 1.29 is 24.2 Å². The number of aliphatic hydroxyl groups excluding tert-OH is 1. The van der Waals surface area contributed by atoms with E-state index in [0.29, 0.717) is 35.9 Å². The zero-order valence-electron chi connectivity index (χ0n) is 20.9. The third-order valence-electron chi connectivity index (χ3n) is 10.3. The Kier molecular flexibility index (Phi) is 8.10. The lowest BCUT2D eigenvalue weighted by atomic mass is 9.42. The third-order valence-corrected chi connectivity index (χ3v) is 10.3. The molecule has 7 unspecified atom stereocenters. The number of aliphatic hydroxyl groups is 1. The van der Waals surface area contributed by atoms with Crippen molar-refractivity contribution in [1.29, 1.82) is 0 Å². The first-order valence-electron chi connectivity index (χ1n) is 13.3. The van der Waals surface area contributed by atoms with Crippen LogP contribution in [-0.4, -0.2) is 23.0 Å². The highest BCUT2D eigenvalue weighted by Crippen LogP contribution is 2.68. The van der Waals surface area contributed by atoms with Crippen LogP contribution in [0.15, 0.2) is 0 Å². The Morgan fingerprint density at radius 1 is 1.06 bits per heavy atom. The number of hydrogen-bond donors (Lipinski definition) is 1. The number of rotatable bonds is 5. The van der Waals surface area contributed by atoms with Gasteiger partial charge in [-0.1, -0.05) is 34.6 Å². The smallest absolute Gasteiger partial charge is 0.348 e. The van der Waals surface area contributed by atoms with Crippen LogP contribution in [0, 0.1) is 46.3 Å². The summed E-state index contributed by atoms with van der Waals surface area (Å²) in [6.07, 6.45) is 9.51. The molecule has 32 heavy (non-hydrogen) atoms. The van der Waals surface area contributed by atoms with Gasteiger partial charge in [0.1, 0.15) is 5.78 Å². The van der Waals surface area contributed by atoms with Crippen molar-refractivity contribution in [3.8, 4) is 0 Å². The average Bonchev–Trinajstić information content (AvgIpc) is 3.13. The van der Waals surface area contributed by atoms with Gasteiger partial charge in [0.15, 0.2) is 0 Å². The summed E-state index contributed by atoms with van der Waals surface area (Å²) >= 11 is 0. The third kappa shape index (κ3) is 4.16. The average molecular weight is 453 g/mol. The van der Waals surface area contributed by atoms with Crippen LogP contribution in [0.3, 0.4) is 0 Å². The van der Waals surface area contributed by atoms with E-state index in [-0.39, 0.29) is 35.2 Å². The first-order valence-corrected chi connectivity index (χ1v) is 13.3. The first-order chi connectivity index (χ1) is 15.3. The van der Waals surface area contributed by atoms with E-state index in [4.69, 9.17) is 0 Å². The van der Waals surface area contributed by atoms with Crippen molar-refractivity contribution in [1.82, 2.24) is 0 Å². The fourth-order valence-electron chi connectivity index (χ4n) is 8.75. The summed E-state index contributed by atoms with van der Waals surface area (Å²) in [5.41, 5.74) is 0.314. The molecule has 0 aromatic carbocycles. The number of Topliss-reactive ketones (excluding diaryl/α,β-unsaturated/α-hetero) is 1. The number of fused-ring (bicyclic) bond motifs is 5. The van der Waals surface area contributed by atoms with E-state index in [2.05, 4.69) is 25.7 Å². The fraction of sp³-hybridized carbons (Fsp3) is 0.926. The van der Waals surface area contributed by atoms with Crippen LogP contribution >= 0.6 is 0 Å². The molecule has 0 amide bonds. The number of carbonyl (C=O) groups is 2. The molecule has 1 N–H and O–H groups in total. The summed E-state index contributed by atoms with van der Waals surface area (Å²) in [6, 6.07) is 0.